The number of ether oxygens (including phenoxy) is 2. The average Bonchev–Trinajstić information content (AvgIpc) is 2.25. The molecule has 0 saturated heterocycles. The van der Waals surface area contributed by atoms with Gasteiger partial charge in [0, 0.05) is 18.2 Å². The molecule has 0 aliphatic heterocycles. The number of aliphatic hydroxyl groups is 1. The molecule has 0 aliphatic carbocycles. The van der Waals surface area contributed by atoms with Gasteiger partial charge in [-0.15, -0.1) is 0 Å². The standard InChI is InChI=1S/C10H15NO3/c1-13-9-3-2-8(7-11)10(6-9)14-5-4-12/h2-3,6,12H,4-5,7,11H2,1H3. The minimum atomic E-state index is -0.0127. The van der Waals surface area contributed by atoms with Crippen LogP contribution in [0, 0.1) is 0 Å². The van der Waals surface area contributed by atoms with Crippen molar-refractivity contribution in [2.45, 2.75) is 6.54 Å². The van der Waals surface area contributed by atoms with Crippen LogP contribution in [-0.2, 0) is 6.54 Å². The van der Waals surface area contributed by atoms with Gasteiger partial charge in [-0.3, -0.25) is 0 Å². The van der Waals surface area contributed by atoms with Crippen molar-refractivity contribution in [3.8, 4) is 11.5 Å². The lowest BCUT2D eigenvalue weighted by Gasteiger charge is -2.10. The van der Waals surface area contributed by atoms with Gasteiger partial charge < -0.3 is 20.3 Å². The molecule has 14 heavy (non-hydrogen) atoms. The molecule has 0 heterocycles. The van der Waals surface area contributed by atoms with Gasteiger partial charge in [-0.25, -0.2) is 0 Å². The van der Waals surface area contributed by atoms with Gasteiger partial charge in [0.05, 0.1) is 13.7 Å². The number of hydrogen-bond donors (Lipinski definition) is 2. The van der Waals surface area contributed by atoms with Crippen LogP contribution in [0.5, 0.6) is 11.5 Å². The van der Waals surface area contributed by atoms with Crippen molar-refractivity contribution >= 4 is 0 Å². The Bertz CT molecular complexity index is 289. The monoisotopic (exact) mass is 197 g/mol. The third kappa shape index (κ3) is 2.61. The van der Waals surface area contributed by atoms with E-state index in [1.165, 1.54) is 0 Å². The van der Waals surface area contributed by atoms with Gasteiger partial charge in [0.1, 0.15) is 18.1 Å². The van der Waals surface area contributed by atoms with Crippen molar-refractivity contribution in [1.29, 1.82) is 0 Å². The van der Waals surface area contributed by atoms with Crippen molar-refractivity contribution in [1.82, 2.24) is 0 Å². The smallest absolute Gasteiger partial charge is 0.127 e. The third-order valence-corrected chi connectivity index (χ3v) is 1.84. The second-order valence-corrected chi connectivity index (χ2v) is 2.75. The number of methoxy groups -OCH3 is 1. The fraction of sp³-hybridized carbons (Fsp3) is 0.400. The molecule has 1 aromatic carbocycles. The number of benzene rings is 1. The zero-order valence-corrected chi connectivity index (χ0v) is 8.19. The number of rotatable bonds is 5. The summed E-state index contributed by atoms with van der Waals surface area (Å²) < 4.78 is 10.4. The number of hydrogen-bond acceptors (Lipinski definition) is 4. The van der Waals surface area contributed by atoms with Crippen LogP contribution in [0.3, 0.4) is 0 Å². The highest BCUT2D eigenvalue weighted by Gasteiger charge is 2.03. The van der Waals surface area contributed by atoms with E-state index >= 15 is 0 Å². The largest absolute Gasteiger partial charge is 0.497 e. The lowest BCUT2D eigenvalue weighted by atomic mass is 10.2. The van der Waals surface area contributed by atoms with Crippen LogP contribution in [0.25, 0.3) is 0 Å². The summed E-state index contributed by atoms with van der Waals surface area (Å²) in [5.41, 5.74) is 6.43. The van der Waals surface area contributed by atoms with Gasteiger partial charge >= 0.3 is 0 Å². The first-order valence-electron chi connectivity index (χ1n) is 4.42. The summed E-state index contributed by atoms with van der Waals surface area (Å²) in [6.07, 6.45) is 0. The molecule has 0 amide bonds. The van der Waals surface area contributed by atoms with Crippen LogP contribution in [0.1, 0.15) is 5.56 Å². The zero-order chi connectivity index (χ0) is 10.4. The molecule has 0 bridgehead atoms. The molecule has 1 aromatic rings. The molecular formula is C10H15NO3. The predicted octanol–water partition coefficient (Wildman–Crippen LogP) is 0.525. The summed E-state index contributed by atoms with van der Waals surface area (Å²) >= 11 is 0. The number of nitrogens with two attached hydrogens (primary N) is 1. The maximum absolute atomic E-state index is 8.63. The predicted molar refractivity (Wildman–Crippen MR) is 53.5 cm³/mol. The molecule has 1 rings (SSSR count). The Morgan fingerprint density at radius 2 is 2.21 bits per heavy atom. The Hall–Kier alpha value is -1.26. The normalized spacial score (nSPS) is 9.93. The Kier molecular flexibility index (Phi) is 4.22. The molecule has 0 unspecified atom stereocenters. The molecule has 4 heteroatoms. The van der Waals surface area contributed by atoms with Gasteiger partial charge in [0.2, 0.25) is 0 Å². The zero-order valence-electron chi connectivity index (χ0n) is 8.19. The van der Waals surface area contributed by atoms with E-state index in [4.69, 9.17) is 20.3 Å². The minimum absolute atomic E-state index is 0.0127. The molecule has 0 fully saturated rings. The lowest BCUT2D eigenvalue weighted by Crippen LogP contribution is -2.06. The third-order valence-electron chi connectivity index (χ3n) is 1.84. The lowest BCUT2D eigenvalue weighted by molar-refractivity contribution is 0.200. The molecule has 0 spiro atoms. The highest BCUT2D eigenvalue weighted by Crippen LogP contribution is 2.24. The van der Waals surface area contributed by atoms with E-state index in [0.717, 1.165) is 11.3 Å². The first kappa shape index (κ1) is 10.8. The van der Waals surface area contributed by atoms with E-state index in [2.05, 4.69) is 0 Å². The fourth-order valence-corrected chi connectivity index (χ4v) is 1.12. The van der Waals surface area contributed by atoms with E-state index in [1.54, 1.807) is 13.2 Å². The van der Waals surface area contributed by atoms with E-state index in [1.807, 2.05) is 12.1 Å². The molecule has 0 saturated carbocycles. The highest BCUT2D eigenvalue weighted by molar-refractivity contribution is 5.40. The van der Waals surface area contributed by atoms with E-state index in [9.17, 15) is 0 Å². The van der Waals surface area contributed by atoms with Crippen LogP contribution < -0.4 is 15.2 Å². The van der Waals surface area contributed by atoms with Gasteiger partial charge in [-0.2, -0.15) is 0 Å². The Morgan fingerprint density at radius 3 is 2.79 bits per heavy atom. The first-order valence-corrected chi connectivity index (χ1v) is 4.42. The van der Waals surface area contributed by atoms with E-state index in [0.29, 0.717) is 12.3 Å². The van der Waals surface area contributed by atoms with Crippen LogP contribution >= 0.6 is 0 Å². The SMILES string of the molecule is COc1ccc(CN)c(OCCO)c1. The van der Waals surface area contributed by atoms with Gasteiger partial charge in [0.25, 0.3) is 0 Å². The van der Waals surface area contributed by atoms with Crippen LogP contribution in [0.15, 0.2) is 18.2 Å². The van der Waals surface area contributed by atoms with E-state index in [-0.39, 0.29) is 13.2 Å². The summed E-state index contributed by atoms with van der Waals surface area (Å²) in [6, 6.07) is 5.44. The quantitative estimate of drug-likeness (QED) is 0.722. The average molecular weight is 197 g/mol. The topological polar surface area (TPSA) is 64.7 Å². The molecule has 3 N–H and O–H groups in total. The van der Waals surface area contributed by atoms with Crippen LogP contribution in [0.4, 0.5) is 0 Å². The van der Waals surface area contributed by atoms with Gasteiger partial charge in [-0.1, -0.05) is 6.07 Å². The van der Waals surface area contributed by atoms with Crippen molar-refractivity contribution in [3.05, 3.63) is 23.8 Å². The summed E-state index contributed by atoms with van der Waals surface area (Å²) in [5.74, 6) is 1.39. The van der Waals surface area contributed by atoms with Crippen molar-refractivity contribution < 1.29 is 14.6 Å². The van der Waals surface area contributed by atoms with Crippen LogP contribution in [-0.4, -0.2) is 25.4 Å². The van der Waals surface area contributed by atoms with Crippen molar-refractivity contribution in [2.24, 2.45) is 5.73 Å². The minimum Gasteiger partial charge on any atom is -0.497 e. The second kappa shape index (κ2) is 5.47. The molecule has 0 aromatic heterocycles. The van der Waals surface area contributed by atoms with E-state index < -0.39 is 0 Å². The van der Waals surface area contributed by atoms with Crippen molar-refractivity contribution in [2.75, 3.05) is 20.3 Å². The molecular weight excluding hydrogens is 182 g/mol. The Labute approximate surface area is 83.3 Å². The summed E-state index contributed by atoms with van der Waals surface area (Å²) in [6.45, 7) is 0.659. The number of aliphatic hydroxyl groups excluding tert-OH is 1. The molecule has 0 aliphatic rings. The fourth-order valence-electron chi connectivity index (χ4n) is 1.12. The van der Waals surface area contributed by atoms with Gasteiger partial charge in [0.15, 0.2) is 0 Å². The Balaban J connectivity index is 2.84. The maximum Gasteiger partial charge on any atom is 0.127 e. The maximum atomic E-state index is 8.63. The summed E-state index contributed by atoms with van der Waals surface area (Å²) in [4.78, 5) is 0. The molecule has 78 valence electrons. The second-order valence-electron chi connectivity index (χ2n) is 2.75. The molecule has 4 nitrogen and oxygen atoms in total. The highest BCUT2D eigenvalue weighted by atomic mass is 16.5. The van der Waals surface area contributed by atoms with Crippen LogP contribution in [0.2, 0.25) is 0 Å². The van der Waals surface area contributed by atoms with Gasteiger partial charge in [-0.05, 0) is 6.07 Å². The Morgan fingerprint density at radius 1 is 1.43 bits per heavy atom. The first-order chi connectivity index (χ1) is 6.81. The van der Waals surface area contributed by atoms with Crippen molar-refractivity contribution in [3.63, 3.8) is 0 Å². The molecule has 0 radical (unpaired) electrons. The summed E-state index contributed by atoms with van der Waals surface area (Å²) in [7, 11) is 1.59. The molecule has 0 atom stereocenters. The summed E-state index contributed by atoms with van der Waals surface area (Å²) in [5, 5.41) is 8.63.